The normalized spacial score (nSPS) is 20.2. The molecule has 0 aromatic rings. The van der Waals surface area contributed by atoms with Crippen molar-refractivity contribution in [3.05, 3.63) is 12.3 Å². The molecule has 0 fully saturated rings. The molecule has 0 saturated carbocycles. The molecule has 3 nitrogen and oxygen atoms in total. The Morgan fingerprint density at radius 1 is 1.27 bits per heavy atom. The molecule has 11 heavy (non-hydrogen) atoms. The molecular formula is C8H12O3. The van der Waals surface area contributed by atoms with Crippen LogP contribution in [0.5, 0.6) is 0 Å². The third-order valence-electron chi connectivity index (χ3n) is 1.50. The zero-order chi connectivity index (χ0) is 7.94. The minimum absolute atomic E-state index is 0.479. The van der Waals surface area contributed by atoms with Gasteiger partial charge < -0.3 is 9.47 Å². The smallest absolute Gasteiger partial charge is 0.434 e. The highest BCUT2D eigenvalue weighted by molar-refractivity contribution is 5.60. The molecule has 0 spiro atoms. The Morgan fingerprint density at radius 2 is 2.18 bits per heavy atom. The molecule has 0 aliphatic carbocycles. The van der Waals surface area contributed by atoms with Crippen molar-refractivity contribution in [2.45, 2.75) is 25.7 Å². The third kappa shape index (κ3) is 3.65. The summed E-state index contributed by atoms with van der Waals surface area (Å²) < 4.78 is 9.28. The number of rotatable bonds is 0. The monoisotopic (exact) mass is 156 g/mol. The van der Waals surface area contributed by atoms with Crippen LogP contribution < -0.4 is 0 Å². The Balaban J connectivity index is 2.30. The Labute approximate surface area is 66.0 Å². The van der Waals surface area contributed by atoms with Crippen LogP contribution in [0.3, 0.4) is 0 Å². The van der Waals surface area contributed by atoms with E-state index in [1.807, 2.05) is 6.08 Å². The molecular weight excluding hydrogens is 144 g/mol. The van der Waals surface area contributed by atoms with Gasteiger partial charge in [0.15, 0.2) is 0 Å². The van der Waals surface area contributed by atoms with Crippen LogP contribution in [0, 0.1) is 0 Å². The largest absolute Gasteiger partial charge is 0.513 e. The van der Waals surface area contributed by atoms with Gasteiger partial charge in [-0.25, -0.2) is 4.79 Å². The van der Waals surface area contributed by atoms with Crippen LogP contribution in [-0.2, 0) is 9.47 Å². The van der Waals surface area contributed by atoms with E-state index in [0.717, 1.165) is 25.7 Å². The molecule has 0 radical (unpaired) electrons. The van der Waals surface area contributed by atoms with Crippen LogP contribution in [-0.4, -0.2) is 12.8 Å². The average Bonchev–Trinajstić information content (AvgIpc) is 2.03. The van der Waals surface area contributed by atoms with Crippen molar-refractivity contribution in [1.82, 2.24) is 0 Å². The molecule has 1 heterocycles. The van der Waals surface area contributed by atoms with Gasteiger partial charge in [-0.3, -0.25) is 0 Å². The molecule has 0 amide bonds. The van der Waals surface area contributed by atoms with Crippen molar-refractivity contribution in [2.24, 2.45) is 0 Å². The van der Waals surface area contributed by atoms with E-state index >= 15 is 0 Å². The van der Waals surface area contributed by atoms with Gasteiger partial charge >= 0.3 is 6.16 Å². The van der Waals surface area contributed by atoms with Crippen molar-refractivity contribution in [3.63, 3.8) is 0 Å². The highest BCUT2D eigenvalue weighted by Crippen LogP contribution is 2.03. The van der Waals surface area contributed by atoms with Gasteiger partial charge in [-0.15, -0.1) is 0 Å². The van der Waals surface area contributed by atoms with E-state index < -0.39 is 6.16 Å². The Kier molecular flexibility index (Phi) is 3.52. The lowest BCUT2D eigenvalue weighted by atomic mass is 10.2. The van der Waals surface area contributed by atoms with Gasteiger partial charge in [-0.1, -0.05) is 0 Å². The highest BCUT2D eigenvalue weighted by atomic mass is 16.7. The molecule has 3 heteroatoms. The van der Waals surface area contributed by atoms with Crippen LogP contribution in [0.4, 0.5) is 4.79 Å². The quantitative estimate of drug-likeness (QED) is 0.504. The summed E-state index contributed by atoms with van der Waals surface area (Å²) in [5.41, 5.74) is 0. The lowest BCUT2D eigenvalue weighted by Crippen LogP contribution is -2.05. The number of allylic oxidation sites excluding steroid dienone is 1. The summed E-state index contributed by atoms with van der Waals surface area (Å²) in [6.45, 7) is 0.479. The Morgan fingerprint density at radius 3 is 3.09 bits per heavy atom. The molecule has 0 atom stereocenters. The first kappa shape index (κ1) is 8.11. The van der Waals surface area contributed by atoms with Gasteiger partial charge in [0.2, 0.25) is 0 Å². The zero-order valence-corrected chi connectivity index (χ0v) is 6.41. The Bertz CT molecular complexity index is 151. The predicted molar refractivity (Wildman–Crippen MR) is 40.0 cm³/mol. The summed E-state index contributed by atoms with van der Waals surface area (Å²) in [6, 6.07) is 0. The molecule has 62 valence electrons. The van der Waals surface area contributed by atoms with Gasteiger partial charge in [0.25, 0.3) is 0 Å². The van der Waals surface area contributed by atoms with Crippen molar-refractivity contribution >= 4 is 6.16 Å². The summed E-state index contributed by atoms with van der Waals surface area (Å²) in [4.78, 5) is 10.6. The van der Waals surface area contributed by atoms with E-state index in [0.29, 0.717) is 6.61 Å². The fourth-order valence-electron chi connectivity index (χ4n) is 0.902. The number of carbonyl (C=O) groups is 1. The van der Waals surface area contributed by atoms with E-state index in [4.69, 9.17) is 4.74 Å². The van der Waals surface area contributed by atoms with Crippen molar-refractivity contribution < 1.29 is 14.3 Å². The maximum absolute atomic E-state index is 10.6. The van der Waals surface area contributed by atoms with E-state index in [9.17, 15) is 4.79 Å². The molecule has 0 saturated heterocycles. The number of carbonyl (C=O) groups excluding carboxylic acids is 1. The molecule has 0 bridgehead atoms. The second-order valence-electron chi connectivity index (χ2n) is 2.44. The summed E-state index contributed by atoms with van der Waals surface area (Å²) >= 11 is 0. The molecule has 0 unspecified atom stereocenters. The van der Waals surface area contributed by atoms with Gasteiger partial charge in [-0.2, -0.15) is 0 Å². The van der Waals surface area contributed by atoms with Gasteiger partial charge in [0, 0.05) is 0 Å². The predicted octanol–water partition coefficient (Wildman–Crippen LogP) is 2.23. The maximum Gasteiger partial charge on any atom is 0.513 e. The van der Waals surface area contributed by atoms with Gasteiger partial charge in [-0.05, 0) is 31.8 Å². The molecule has 1 rings (SSSR count). The summed E-state index contributed by atoms with van der Waals surface area (Å²) in [6.07, 6.45) is 6.80. The van der Waals surface area contributed by atoms with Crippen LogP contribution in [0.1, 0.15) is 25.7 Å². The van der Waals surface area contributed by atoms with Crippen LogP contribution in [0.15, 0.2) is 12.3 Å². The summed E-state index contributed by atoms with van der Waals surface area (Å²) in [5, 5.41) is 0. The molecule has 0 N–H and O–H groups in total. The van der Waals surface area contributed by atoms with Crippen LogP contribution in [0.2, 0.25) is 0 Å². The first-order chi connectivity index (χ1) is 5.39. The lowest BCUT2D eigenvalue weighted by molar-refractivity contribution is 0.0822. The topological polar surface area (TPSA) is 35.5 Å². The number of hydrogen-bond donors (Lipinski definition) is 0. The fraction of sp³-hybridized carbons (Fsp3) is 0.625. The number of ether oxygens (including phenoxy) is 2. The molecule has 0 aromatic carbocycles. The van der Waals surface area contributed by atoms with Crippen LogP contribution in [0.25, 0.3) is 0 Å². The second-order valence-corrected chi connectivity index (χ2v) is 2.44. The van der Waals surface area contributed by atoms with Gasteiger partial charge in [0.1, 0.15) is 0 Å². The summed E-state index contributed by atoms with van der Waals surface area (Å²) in [5.74, 6) is 0. The van der Waals surface area contributed by atoms with Gasteiger partial charge in [0.05, 0.1) is 12.9 Å². The van der Waals surface area contributed by atoms with Crippen LogP contribution >= 0.6 is 0 Å². The number of hydrogen-bond acceptors (Lipinski definition) is 3. The summed E-state index contributed by atoms with van der Waals surface area (Å²) in [7, 11) is 0. The average molecular weight is 156 g/mol. The van der Waals surface area contributed by atoms with E-state index in [2.05, 4.69) is 4.74 Å². The number of cyclic esters (lactones) is 2. The maximum atomic E-state index is 10.6. The third-order valence-corrected chi connectivity index (χ3v) is 1.50. The SMILES string of the molecule is O=C1OC=CCCCCCO1. The van der Waals surface area contributed by atoms with E-state index in [-0.39, 0.29) is 0 Å². The molecule has 1 aliphatic rings. The minimum Gasteiger partial charge on any atom is -0.434 e. The fourth-order valence-corrected chi connectivity index (χ4v) is 0.902. The van der Waals surface area contributed by atoms with E-state index in [1.54, 1.807) is 0 Å². The zero-order valence-electron chi connectivity index (χ0n) is 6.41. The lowest BCUT2D eigenvalue weighted by Gasteiger charge is -2.04. The second kappa shape index (κ2) is 4.77. The van der Waals surface area contributed by atoms with Crippen molar-refractivity contribution in [3.8, 4) is 0 Å². The first-order valence-corrected chi connectivity index (χ1v) is 3.88. The van der Waals surface area contributed by atoms with Crippen molar-refractivity contribution in [1.29, 1.82) is 0 Å². The first-order valence-electron chi connectivity index (χ1n) is 3.88. The highest BCUT2D eigenvalue weighted by Gasteiger charge is 2.01. The van der Waals surface area contributed by atoms with Crippen molar-refractivity contribution in [2.75, 3.05) is 6.61 Å². The van der Waals surface area contributed by atoms with E-state index in [1.165, 1.54) is 6.26 Å². The molecule has 1 aliphatic heterocycles. The molecule has 0 aromatic heterocycles. The minimum atomic E-state index is -0.594. The standard InChI is InChI=1S/C8H12O3/c9-8-10-6-4-2-1-3-5-7-11-8/h4,6H,1-3,5,7H2. The Hall–Kier alpha value is -0.990.